The Morgan fingerprint density at radius 1 is 1.03 bits per heavy atom. The summed E-state index contributed by atoms with van der Waals surface area (Å²) in [6.45, 7) is 3.62. The van der Waals surface area contributed by atoms with Crippen molar-refractivity contribution in [3.05, 3.63) is 36.5 Å². The van der Waals surface area contributed by atoms with E-state index in [1.165, 1.54) is 39.0 Å². The Kier molecular flexibility index (Phi) is 14.7. The topological polar surface area (TPSA) is 83.8 Å². The molecule has 0 aliphatic heterocycles. The number of carboxylic acid groups (broad SMARTS) is 1. The first-order valence-corrected chi connectivity index (χ1v) is 12.0. The molecule has 0 aromatic carbocycles. The Hall–Kier alpha value is -1.88. The molecule has 0 aromatic heterocycles. The number of rotatable bonds is 16. The van der Waals surface area contributed by atoms with Crippen LogP contribution in [0, 0.1) is 11.8 Å². The molecule has 1 rings (SSSR count). The summed E-state index contributed by atoms with van der Waals surface area (Å²) in [4.78, 5) is 22.4. The van der Waals surface area contributed by atoms with Crippen LogP contribution in [0.2, 0.25) is 0 Å². The highest BCUT2D eigenvalue weighted by molar-refractivity contribution is 5.67. The van der Waals surface area contributed by atoms with E-state index in [1.54, 1.807) is 0 Å². The van der Waals surface area contributed by atoms with Gasteiger partial charge in [0.2, 0.25) is 0 Å². The number of carboxylic acids is 1. The highest BCUT2D eigenvalue weighted by Gasteiger charge is 2.30. The Morgan fingerprint density at radius 2 is 1.74 bits per heavy atom. The minimum Gasteiger partial charge on any atom is -0.481 e. The van der Waals surface area contributed by atoms with Gasteiger partial charge in [-0.2, -0.15) is 0 Å². The molecule has 2 N–H and O–H groups in total. The van der Waals surface area contributed by atoms with Crippen LogP contribution < -0.4 is 0 Å². The van der Waals surface area contributed by atoms with E-state index in [9.17, 15) is 14.7 Å². The number of hydrogen-bond acceptors (Lipinski definition) is 4. The van der Waals surface area contributed by atoms with Crippen LogP contribution in [0.3, 0.4) is 0 Å². The fourth-order valence-electron chi connectivity index (χ4n) is 4.16. The van der Waals surface area contributed by atoms with E-state index in [-0.39, 0.29) is 30.3 Å². The largest absolute Gasteiger partial charge is 0.481 e. The number of esters is 1. The second-order valence-electron chi connectivity index (χ2n) is 8.60. The third-order valence-corrected chi connectivity index (χ3v) is 5.86. The maximum absolute atomic E-state index is 11.6. The number of aliphatic hydroxyl groups is 1. The highest BCUT2D eigenvalue weighted by atomic mass is 16.5. The predicted octanol–water partition coefficient (Wildman–Crippen LogP) is 5.98. The summed E-state index contributed by atoms with van der Waals surface area (Å²) < 4.78 is 5.57. The Labute approximate surface area is 188 Å². The fraction of sp³-hybridized carbons (Fsp3) is 0.692. The molecule has 0 amide bonds. The molecule has 0 aromatic rings. The molecule has 1 aliphatic carbocycles. The molecule has 0 saturated heterocycles. The normalized spacial score (nSPS) is 20.9. The number of aliphatic carboxylic acids is 1. The molecule has 0 saturated carbocycles. The van der Waals surface area contributed by atoms with E-state index < -0.39 is 12.1 Å². The summed E-state index contributed by atoms with van der Waals surface area (Å²) in [5, 5.41) is 19.0. The van der Waals surface area contributed by atoms with Crippen LogP contribution in [0.4, 0.5) is 0 Å². The van der Waals surface area contributed by atoms with Crippen molar-refractivity contribution in [1.82, 2.24) is 0 Å². The van der Waals surface area contributed by atoms with Crippen molar-refractivity contribution in [3.63, 3.8) is 0 Å². The minimum absolute atomic E-state index is 0.0834. The van der Waals surface area contributed by atoms with Gasteiger partial charge >= 0.3 is 11.9 Å². The number of carbonyl (C=O) groups excluding carboxylic acids is 1. The molecular weight excluding hydrogens is 392 g/mol. The number of carbonyl (C=O) groups is 2. The minimum atomic E-state index is -0.828. The van der Waals surface area contributed by atoms with Crippen LogP contribution in [0.5, 0.6) is 0 Å². The molecule has 0 bridgehead atoms. The summed E-state index contributed by atoms with van der Waals surface area (Å²) in [5.74, 6) is -0.790. The standard InChI is InChI=1S/C26H42O5/c1-3-4-5-6-7-8-16-23(28)17-11-9-14-22-15-10-12-18-24(22)25(31-21(2)27)19-13-20-26(29)30/h9-12,14,17,22-25,28H,3-8,13,15-16,18-20H2,1-2H3,(H,29,30)/t22-,23?,24-,25?/m1/s1. The van der Waals surface area contributed by atoms with Crippen molar-refractivity contribution in [3.8, 4) is 0 Å². The van der Waals surface area contributed by atoms with Gasteiger partial charge in [-0.05, 0) is 38.0 Å². The van der Waals surface area contributed by atoms with Gasteiger partial charge in [0, 0.05) is 19.3 Å². The molecule has 0 heterocycles. The van der Waals surface area contributed by atoms with E-state index in [0.29, 0.717) is 12.8 Å². The lowest BCUT2D eigenvalue weighted by molar-refractivity contribution is -0.150. The molecule has 5 nitrogen and oxygen atoms in total. The number of ether oxygens (including phenoxy) is 1. The van der Waals surface area contributed by atoms with Gasteiger partial charge in [0.25, 0.3) is 0 Å². The van der Waals surface area contributed by atoms with E-state index in [2.05, 4.69) is 25.2 Å². The number of aliphatic hydroxyl groups excluding tert-OH is 1. The average Bonchev–Trinajstić information content (AvgIpc) is 2.73. The first-order chi connectivity index (χ1) is 14.9. The number of hydrogen-bond donors (Lipinski definition) is 2. The summed E-state index contributed by atoms with van der Waals surface area (Å²) in [6.07, 6.45) is 22.3. The van der Waals surface area contributed by atoms with Crippen LogP contribution in [0.15, 0.2) is 36.5 Å². The van der Waals surface area contributed by atoms with Crippen LogP contribution in [-0.2, 0) is 14.3 Å². The zero-order valence-corrected chi connectivity index (χ0v) is 19.4. The molecule has 176 valence electrons. The molecule has 5 heteroatoms. The van der Waals surface area contributed by atoms with Crippen molar-refractivity contribution in [2.45, 2.75) is 103 Å². The zero-order chi connectivity index (χ0) is 22.9. The molecule has 0 fully saturated rings. The van der Waals surface area contributed by atoms with E-state index >= 15 is 0 Å². The lowest BCUT2D eigenvalue weighted by Crippen LogP contribution is -2.32. The first kappa shape index (κ1) is 27.2. The maximum Gasteiger partial charge on any atom is 0.303 e. The highest BCUT2D eigenvalue weighted by Crippen LogP contribution is 2.33. The molecule has 0 spiro atoms. The third kappa shape index (κ3) is 13.2. The van der Waals surface area contributed by atoms with Crippen LogP contribution in [0.25, 0.3) is 0 Å². The third-order valence-electron chi connectivity index (χ3n) is 5.86. The van der Waals surface area contributed by atoms with Crippen molar-refractivity contribution >= 4 is 11.9 Å². The van der Waals surface area contributed by atoms with Crippen molar-refractivity contribution in [1.29, 1.82) is 0 Å². The van der Waals surface area contributed by atoms with Gasteiger partial charge < -0.3 is 14.9 Å². The van der Waals surface area contributed by atoms with Gasteiger partial charge in [-0.3, -0.25) is 9.59 Å². The first-order valence-electron chi connectivity index (χ1n) is 12.0. The van der Waals surface area contributed by atoms with Crippen LogP contribution in [-0.4, -0.2) is 34.4 Å². The van der Waals surface area contributed by atoms with E-state index in [4.69, 9.17) is 9.84 Å². The molecule has 2 unspecified atom stereocenters. The summed E-state index contributed by atoms with van der Waals surface area (Å²) in [6, 6.07) is 0. The Balaban J connectivity index is 2.53. The van der Waals surface area contributed by atoms with Gasteiger partial charge in [0.15, 0.2) is 0 Å². The summed E-state index contributed by atoms with van der Waals surface area (Å²) in [5.41, 5.74) is 0. The molecule has 1 aliphatic rings. The molecule has 4 atom stereocenters. The van der Waals surface area contributed by atoms with Crippen molar-refractivity contribution < 1.29 is 24.5 Å². The van der Waals surface area contributed by atoms with Crippen molar-refractivity contribution in [2.24, 2.45) is 11.8 Å². The van der Waals surface area contributed by atoms with Gasteiger partial charge in [0.05, 0.1) is 6.10 Å². The fourth-order valence-corrected chi connectivity index (χ4v) is 4.16. The van der Waals surface area contributed by atoms with Gasteiger partial charge in [0.1, 0.15) is 6.10 Å². The van der Waals surface area contributed by atoms with Crippen molar-refractivity contribution in [2.75, 3.05) is 0 Å². The summed E-state index contributed by atoms with van der Waals surface area (Å²) in [7, 11) is 0. The number of unbranched alkanes of at least 4 members (excludes halogenated alkanes) is 5. The zero-order valence-electron chi connectivity index (χ0n) is 19.4. The summed E-state index contributed by atoms with van der Waals surface area (Å²) >= 11 is 0. The van der Waals surface area contributed by atoms with Crippen LogP contribution in [0.1, 0.15) is 90.9 Å². The SMILES string of the molecule is CCCCCCCCC(O)C=CC=C[C@@H]1CC=CC[C@H]1C(CCCC(=O)O)OC(C)=O. The van der Waals surface area contributed by atoms with E-state index in [0.717, 1.165) is 25.7 Å². The Bertz CT molecular complexity index is 593. The lowest BCUT2D eigenvalue weighted by atomic mass is 9.78. The molecule has 0 radical (unpaired) electrons. The second kappa shape index (κ2) is 16.8. The van der Waals surface area contributed by atoms with Crippen LogP contribution >= 0.6 is 0 Å². The second-order valence-corrected chi connectivity index (χ2v) is 8.60. The smallest absolute Gasteiger partial charge is 0.303 e. The molecule has 31 heavy (non-hydrogen) atoms. The van der Waals surface area contributed by atoms with Gasteiger partial charge in [-0.1, -0.05) is 81.9 Å². The Morgan fingerprint density at radius 3 is 2.45 bits per heavy atom. The quantitative estimate of drug-likeness (QED) is 0.135. The van der Waals surface area contributed by atoms with Gasteiger partial charge in [-0.15, -0.1) is 0 Å². The monoisotopic (exact) mass is 434 g/mol. The number of allylic oxidation sites excluding steroid dienone is 5. The van der Waals surface area contributed by atoms with E-state index in [1.807, 2.05) is 18.2 Å². The maximum atomic E-state index is 11.6. The average molecular weight is 435 g/mol. The van der Waals surface area contributed by atoms with Gasteiger partial charge in [-0.25, -0.2) is 0 Å². The predicted molar refractivity (Wildman–Crippen MR) is 125 cm³/mol. The lowest BCUT2D eigenvalue weighted by Gasteiger charge is -2.33. The molecular formula is C26H42O5.